The molecule has 172 valence electrons. The largest absolute Gasteiger partial charge is 0.497 e. The number of rotatable bonds is 9. The maximum Gasteiger partial charge on any atom is 0.387 e. The van der Waals surface area contributed by atoms with E-state index in [1.54, 1.807) is 19.2 Å². The molecule has 1 saturated heterocycles. The Hall–Kier alpha value is -1.40. The van der Waals surface area contributed by atoms with Gasteiger partial charge in [0.15, 0.2) is 5.96 Å². The van der Waals surface area contributed by atoms with Crippen molar-refractivity contribution in [1.82, 2.24) is 15.5 Å². The van der Waals surface area contributed by atoms with Crippen LogP contribution >= 0.6 is 24.0 Å². The molecule has 1 aliphatic rings. The number of benzene rings is 1. The van der Waals surface area contributed by atoms with Crippen LogP contribution < -0.4 is 20.1 Å². The molecule has 0 aromatic heterocycles. The molecule has 1 fully saturated rings. The van der Waals surface area contributed by atoms with E-state index in [4.69, 9.17) is 9.47 Å². The van der Waals surface area contributed by atoms with Crippen LogP contribution in [0.4, 0.5) is 8.78 Å². The summed E-state index contributed by atoms with van der Waals surface area (Å²) >= 11 is 0. The molecule has 0 amide bonds. The first-order chi connectivity index (χ1) is 13.9. The maximum atomic E-state index is 12.7. The van der Waals surface area contributed by atoms with Crippen LogP contribution in [0.25, 0.3) is 0 Å². The normalized spacial score (nSPS) is 17.6. The standard InChI is InChI=1S/C20H32F2N4O3.HI/c1-14(2)12-26-7-8-28-17(13-26)11-25-20(23-3)24-10-15-5-6-16(27-4)9-18(15)29-19(21)22;/h5-6,9,14,17,19H,7-8,10-13H2,1-4H3,(H2,23,24,25);1H. The third-order valence-electron chi connectivity index (χ3n) is 4.50. The van der Waals surface area contributed by atoms with Gasteiger partial charge in [-0.3, -0.25) is 9.89 Å². The van der Waals surface area contributed by atoms with E-state index in [1.807, 2.05) is 0 Å². The minimum Gasteiger partial charge on any atom is -0.497 e. The van der Waals surface area contributed by atoms with Crippen molar-refractivity contribution in [2.75, 3.05) is 46.9 Å². The van der Waals surface area contributed by atoms with Crippen molar-refractivity contribution in [2.24, 2.45) is 10.9 Å². The Balaban J connectivity index is 0.00000450. The summed E-state index contributed by atoms with van der Waals surface area (Å²) in [5.41, 5.74) is 0.575. The summed E-state index contributed by atoms with van der Waals surface area (Å²) in [5, 5.41) is 6.36. The highest BCUT2D eigenvalue weighted by Gasteiger charge is 2.21. The monoisotopic (exact) mass is 542 g/mol. The summed E-state index contributed by atoms with van der Waals surface area (Å²) in [6, 6.07) is 4.83. The first-order valence-electron chi connectivity index (χ1n) is 9.81. The summed E-state index contributed by atoms with van der Waals surface area (Å²) in [5.74, 6) is 1.70. The van der Waals surface area contributed by atoms with E-state index >= 15 is 0 Å². The van der Waals surface area contributed by atoms with Crippen molar-refractivity contribution in [2.45, 2.75) is 33.1 Å². The van der Waals surface area contributed by atoms with Crippen molar-refractivity contribution < 1.29 is 23.0 Å². The molecule has 0 radical (unpaired) electrons. The number of methoxy groups -OCH3 is 1. The number of aliphatic imine (C=N–C) groups is 1. The highest BCUT2D eigenvalue weighted by Crippen LogP contribution is 2.26. The van der Waals surface area contributed by atoms with Crippen LogP contribution in [0, 0.1) is 5.92 Å². The first-order valence-corrected chi connectivity index (χ1v) is 9.81. The highest BCUT2D eigenvalue weighted by atomic mass is 127. The van der Waals surface area contributed by atoms with Gasteiger partial charge in [-0.05, 0) is 18.1 Å². The quantitative estimate of drug-likeness (QED) is 0.284. The van der Waals surface area contributed by atoms with Gasteiger partial charge in [-0.2, -0.15) is 8.78 Å². The van der Waals surface area contributed by atoms with Crippen molar-refractivity contribution in [1.29, 1.82) is 0 Å². The number of hydrogen-bond donors (Lipinski definition) is 2. The molecule has 10 heteroatoms. The molecule has 1 aromatic carbocycles. The van der Waals surface area contributed by atoms with Crippen LogP contribution in [0.1, 0.15) is 19.4 Å². The predicted molar refractivity (Wildman–Crippen MR) is 124 cm³/mol. The van der Waals surface area contributed by atoms with Gasteiger partial charge in [0, 0.05) is 51.4 Å². The number of nitrogens with one attached hydrogen (secondary N) is 2. The molecule has 30 heavy (non-hydrogen) atoms. The van der Waals surface area contributed by atoms with Crippen molar-refractivity contribution in [3.8, 4) is 11.5 Å². The molecule has 0 spiro atoms. The summed E-state index contributed by atoms with van der Waals surface area (Å²) < 4.78 is 40.9. The molecule has 1 atom stereocenters. The van der Waals surface area contributed by atoms with Gasteiger partial charge in [0.2, 0.25) is 0 Å². The molecule has 0 saturated carbocycles. The van der Waals surface area contributed by atoms with Gasteiger partial charge in [-0.25, -0.2) is 0 Å². The van der Waals surface area contributed by atoms with Crippen molar-refractivity contribution >= 4 is 29.9 Å². The minimum absolute atomic E-state index is 0. The molecule has 0 bridgehead atoms. The number of guanidine groups is 1. The van der Waals surface area contributed by atoms with Crippen LogP contribution in [-0.2, 0) is 11.3 Å². The number of nitrogens with zero attached hydrogens (tertiary/aromatic N) is 2. The lowest BCUT2D eigenvalue weighted by Gasteiger charge is -2.34. The predicted octanol–water partition coefficient (Wildman–Crippen LogP) is 2.94. The van der Waals surface area contributed by atoms with Crippen molar-refractivity contribution in [3.05, 3.63) is 23.8 Å². The second-order valence-electron chi connectivity index (χ2n) is 7.31. The number of morpholine rings is 1. The van der Waals surface area contributed by atoms with E-state index < -0.39 is 6.61 Å². The van der Waals surface area contributed by atoms with E-state index in [2.05, 4.69) is 39.1 Å². The van der Waals surface area contributed by atoms with Gasteiger partial charge < -0.3 is 24.8 Å². The summed E-state index contributed by atoms with van der Waals surface area (Å²) in [7, 11) is 3.13. The van der Waals surface area contributed by atoms with Crippen LogP contribution in [-0.4, -0.2) is 70.5 Å². The van der Waals surface area contributed by atoms with Crippen LogP contribution in [0.3, 0.4) is 0 Å². The van der Waals surface area contributed by atoms with Gasteiger partial charge in [-0.15, -0.1) is 24.0 Å². The summed E-state index contributed by atoms with van der Waals surface area (Å²) in [4.78, 5) is 6.60. The van der Waals surface area contributed by atoms with Gasteiger partial charge >= 0.3 is 6.61 Å². The Morgan fingerprint density at radius 2 is 2.10 bits per heavy atom. The summed E-state index contributed by atoms with van der Waals surface area (Å²) in [6.07, 6.45) is 0.0692. The second-order valence-corrected chi connectivity index (χ2v) is 7.31. The van der Waals surface area contributed by atoms with Gasteiger partial charge in [0.25, 0.3) is 0 Å². The Labute approximate surface area is 194 Å². The summed E-state index contributed by atoms with van der Waals surface area (Å²) in [6.45, 7) is 5.98. The Morgan fingerprint density at radius 3 is 2.73 bits per heavy atom. The number of ether oxygens (including phenoxy) is 3. The molecule has 7 nitrogen and oxygen atoms in total. The fraction of sp³-hybridized carbons (Fsp3) is 0.650. The average Bonchev–Trinajstić information content (AvgIpc) is 2.68. The SMILES string of the molecule is CN=C(NCc1ccc(OC)cc1OC(F)F)NCC1CN(CC(C)C)CCO1.I. The lowest BCUT2D eigenvalue weighted by molar-refractivity contribution is -0.0505. The Morgan fingerprint density at radius 1 is 1.33 bits per heavy atom. The average molecular weight is 542 g/mol. The van der Waals surface area contributed by atoms with E-state index in [0.29, 0.717) is 36.3 Å². The highest BCUT2D eigenvalue weighted by molar-refractivity contribution is 14.0. The lowest BCUT2D eigenvalue weighted by atomic mass is 10.2. The molecule has 1 aliphatic heterocycles. The van der Waals surface area contributed by atoms with Crippen LogP contribution in [0.15, 0.2) is 23.2 Å². The molecule has 2 rings (SSSR count). The maximum absolute atomic E-state index is 12.7. The van der Waals surface area contributed by atoms with Crippen LogP contribution in [0.2, 0.25) is 0 Å². The zero-order valence-corrected chi connectivity index (χ0v) is 20.3. The van der Waals surface area contributed by atoms with E-state index in [9.17, 15) is 8.78 Å². The topological polar surface area (TPSA) is 67.4 Å². The third kappa shape index (κ3) is 9.17. The zero-order valence-electron chi connectivity index (χ0n) is 18.0. The fourth-order valence-corrected chi connectivity index (χ4v) is 3.21. The molecule has 0 aliphatic carbocycles. The zero-order chi connectivity index (χ0) is 21.2. The number of alkyl halides is 2. The molecular weight excluding hydrogens is 509 g/mol. The minimum atomic E-state index is -2.91. The van der Waals surface area contributed by atoms with Gasteiger partial charge in [-0.1, -0.05) is 13.8 Å². The van der Waals surface area contributed by atoms with Gasteiger partial charge in [0.05, 0.1) is 19.8 Å². The Kier molecular flexibility index (Phi) is 12.3. The van der Waals surface area contributed by atoms with E-state index in [1.165, 1.54) is 13.2 Å². The van der Waals surface area contributed by atoms with Crippen molar-refractivity contribution in [3.63, 3.8) is 0 Å². The first kappa shape index (κ1) is 26.6. The third-order valence-corrected chi connectivity index (χ3v) is 4.50. The molecule has 2 N–H and O–H groups in total. The van der Waals surface area contributed by atoms with Gasteiger partial charge in [0.1, 0.15) is 11.5 Å². The second kappa shape index (κ2) is 13.8. The Bertz CT molecular complexity index is 665. The fourth-order valence-electron chi connectivity index (χ4n) is 3.21. The molecular formula is C20H33F2IN4O3. The van der Waals surface area contributed by atoms with E-state index in [-0.39, 0.29) is 42.4 Å². The lowest BCUT2D eigenvalue weighted by Crippen LogP contribution is -2.50. The number of halogens is 3. The molecule has 1 heterocycles. The van der Waals surface area contributed by atoms with Crippen LogP contribution in [0.5, 0.6) is 11.5 Å². The molecule has 1 aromatic rings. The molecule has 1 unspecified atom stereocenters. The number of hydrogen-bond acceptors (Lipinski definition) is 5. The smallest absolute Gasteiger partial charge is 0.387 e. The van der Waals surface area contributed by atoms with E-state index in [0.717, 1.165) is 19.6 Å².